The maximum Gasteiger partial charge on any atom is 0.322 e. The minimum atomic E-state index is -1.51. The van der Waals surface area contributed by atoms with Gasteiger partial charge in [0, 0.05) is 0 Å². The third kappa shape index (κ3) is 9.50. The van der Waals surface area contributed by atoms with Crippen LogP contribution in [0.3, 0.4) is 0 Å². The van der Waals surface area contributed by atoms with Gasteiger partial charge in [0.1, 0.15) is 18.6 Å². The van der Waals surface area contributed by atoms with Gasteiger partial charge in [-0.25, -0.2) is 0 Å². The maximum atomic E-state index is 12.1. The van der Waals surface area contributed by atoms with Gasteiger partial charge in [0.05, 0.1) is 19.4 Å². The lowest BCUT2D eigenvalue weighted by atomic mass is 10.1. The molecule has 0 heterocycles. The average Bonchev–Trinajstić information content (AvgIpc) is 2.49. The van der Waals surface area contributed by atoms with Crippen LogP contribution in [0.4, 0.5) is 0 Å². The molecule has 0 fully saturated rings. The van der Waals surface area contributed by atoms with Crippen molar-refractivity contribution in [3.8, 4) is 0 Å². The second-order valence-corrected chi connectivity index (χ2v) is 4.84. The topological polar surface area (TPSA) is 237 Å². The molecular weight excluding hydrogens is 340 g/mol. The van der Waals surface area contributed by atoms with Crippen LogP contribution >= 0.6 is 0 Å². The van der Waals surface area contributed by atoms with Crippen molar-refractivity contribution in [2.24, 2.45) is 17.2 Å². The average molecular weight is 360 g/mol. The first-order chi connectivity index (χ1) is 11.6. The van der Waals surface area contributed by atoms with Gasteiger partial charge in [-0.2, -0.15) is 0 Å². The van der Waals surface area contributed by atoms with Gasteiger partial charge in [-0.15, -0.1) is 0 Å². The molecular formula is C12H20N6O7. The van der Waals surface area contributed by atoms with Crippen LogP contribution < -0.4 is 33.2 Å². The Hall–Kier alpha value is -3.22. The van der Waals surface area contributed by atoms with E-state index < -0.39 is 73.5 Å². The molecule has 2 unspecified atom stereocenters. The molecule has 0 rings (SSSR count). The van der Waals surface area contributed by atoms with E-state index in [1.807, 2.05) is 5.32 Å². The van der Waals surface area contributed by atoms with Crippen LogP contribution in [-0.2, 0) is 28.8 Å². The molecule has 0 radical (unpaired) electrons. The van der Waals surface area contributed by atoms with Crippen LogP contribution in [0.15, 0.2) is 0 Å². The largest absolute Gasteiger partial charge is 0.480 e. The lowest BCUT2D eigenvalue weighted by Crippen LogP contribution is -2.56. The number of nitrogens with one attached hydrogen (secondary N) is 3. The number of primary amides is 2. The molecule has 13 nitrogen and oxygen atoms in total. The van der Waals surface area contributed by atoms with Gasteiger partial charge in [-0.3, -0.25) is 28.8 Å². The van der Waals surface area contributed by atoms with E-state index >= 15 is 0 Å². The Morgan fingerprint density at radius 3 is 1.72 bits per heavy atom. The Morgan fingerprint density at radius 2 is 1.32 bits per heavy atom. The first-order valence-electron chi connectivity index (χ1n) is 6.92. The number of aliphatic carboxylic acids is 1. The van der Waals surface area contributed by atoms with Crippen molar-refractivity contribution in [2.45, 2.75) is 24.9 Å². The number of hydrogen-bond acceptors (Lipinski definition) is 7. The summed E-state index contributed by atoms with van der Waals surface area (Å²) in [5, 5.41) is 14.7. The normalized spacial score (nSPS) is 12.4. The van der Waals surface area contributed by atoms with E-state index in [0.717, 1.165) is 0 Å². The van der Waals surface area contributed by atoms with Crippen molar-refractivity contribution in [3.05, 3.63) is 0 Å². The van der Waals surface area contributed by atoms with Crippen molar-refractivity contribution < 1.29 is 33.9 Å². The van der Waals surface area contributed by atoms with Crippen molar-refractivity contribution in [3.63, 3.8) is 0 Å². The van der Waals surface area contributed by atoms with Gasteiger partial charge in [0.2, 0.25) is 29.5 Å². The van der Waals surface area contributed by atoms with Gasteiger partial charge < -0.3 is 38.3 Å². The summed E-state index contributed by atoms with van der Waals surface area (Å²) in [6, 6.07) is -2.94. The van der Waals surface area contributed by atoms with Crippen molar-refractivity contribution in [1.82, 2.24) is 16.0 Å². The van der Waals surface area contributed by atoms with Gasteiger partial charge in [-0.05, 0) is 0 Å². The molecule has 0 aliphatic heterocycles. The zero-order chi connectivity index (χ0) is 19.6. The molecule has 0 aliphatic rings. The fourth-order valence-corrected chi connectivity index (χ4v) is 1.63. The number of carbonyl (C=O) groups is 6. The predicted octanol–water partition coefficient (Wildman–Crippen LogP) is -5.13. The summed E-state index contributed by atoms with van der Waals surface area (Å²) >= 11 is 0. The SMILES string of the molecule is NCC(=O)NC(CC(N)=O)C(=O)NC(CC(N)=O)C(=O)NCC(=O)O. The Morgan fingerprint density at radius 1 is 0.840 bits per heavy atom. The van der Waals surface area contributed by atoms with Gasteiger partial charge in [0.15, 0.2) is 0 Å². The lowest BCUT2D eigenvalue weighted by Gasteiger charge is -2.21. The van der Waals surface area contributed by atoms with Gasteiger partial charge in [0.25, 0.3) is 0 Å². The highest BCUT2D eigenvalue weighted by atomic mass is 16.4. The minimum Gasteiger partial charge on any atom is -0.480 e. The Labute approximate surface area is 141 Å². The second-order valence-electron chi connectivity index (χ2n) is 4.84. The summed E-state index contributed by atoms with van der Waals surface area (Å²) in [6.45, 7) is -1.22. The molecule has 2 atom stereocenters. The van der Waals surface area contributed by atoms with Crippen LogP contribution in [0, 0.1) is 0 Å². The van der Waals surface area contributed by atoms with E-state index in [1.165, 1.54) is 0 Å². The van der Waals surface area contributed by atoms with Crippen molar-refractivity contribution >= 4 is 35.5 Å². The Balaban J connectivity index is 5.12. The number of amides is 5. The third-order valence-corrected chi connectivity index (χ3v) is 2.69. The van der Waals surface area contributed by atoms with Crippen LogP contribution in [0.1, 0.15) is 12.8 Å². The molecule has 13 heteroatoms. The van der Waals surface area contributed by atoms with Crippen LogP contribution in [-0.4, -0.2) is 65.8 Å². The van der Waals surface area contributed by atoms with E-state index in [9.17, 15) is 28.8 Å². The fraction of sp³-hybridized carbons (Fsp3) is 0.500. The van der Waals surface area contributed by atoms with Crippen molar-refractivity contribution in [2.75, 3.05) is 13.1 Å². The quantitative estimate of drug-likeness (QED) is 0.187. The summed E-state index contributed by atoms with van der Waals surface area (Å²) in [5.74, 6) is -5.97. The monoisotopic (exact) mass is 360 g/mol. The zero-order valence-electron chi connectivity index (χ0n) is 13.1. The molecule has 0 aromatic heterocycles. The molecule has 0 aromatic carbocycles. The lowest BCUT2D eigenvalue weighted by molar-refractivity contribution is -0.139. The van der Waals surface area contributed by atoms with E-state index in [0.29, 0.717) is 0 Å². The standard InChI is InChI=1S/C12H20N6O7/c13-3-9(21)17-6(2-8(15)20)12(25)18-5(1-7(14)19)11(24)16-4-10(22)23/h5-6H,1-4,13H2,(H2,14,19)(H2,15,20)(H,16,24)(H,17,21)(H,18,25)(H,22,23). The number of carboxylic acid groups (broad SMARTS) is 1. The third-order valence-electron chi connectivity index (χ3n) is 2.69. The van der Waals surface area contributed by atoms with E-state index in [4.69, 9.17) is 22.3 Å². The van der Waals surface area contributed by atoms with Crippen LogP contribution in [0.5, 0.6) is 0 Å². The number of rotatable bonds is 11. The smallest absolute Gasteiger partial charge is 0.322 e. The molecule has 10 N–H and O–H groups in total. The number of nitrogens with two attached hydrogens (primary N) is 3. The minimum absolute atomic E-state index is 0.466. The summed E-state index contributed by atoms with van der Waals surface area (Å²) in [5.41, 5.74) is 15.0. The molecule has 0 bridgehead atoms. The Bertz CT molecular complexity index is 564. The molecule has 25 heavy (non-hydrogen) atoms. The van der Waals surface area contributed by atoms with Gasteiger partial charge >= 0.3 is 5.97 Å². The summed E-state index contributed by atoms with van der Waals surface area (Å²) in [7, 11) is 0. The van der Waals surface area contributed by atoms with Gasteiger partial charge in [-0.1, -0.05) is 0 Å². The fourth-order valence-electron chi connectivity index (χ4n) is 1.63. The highest BCUT2D eigenvalue weighted by Gasteiger charge is 2.28. The summed E-state index contributed by atoms with van der Waals surface area (Å²) in [6.07, 6.45) is -1.22. The van der Waals surface area contributed by atoms with E-state index in [2.05, 4.69) is 10.6 Å². The second kappa shape index (κ2) is 10.5. The number of carboxylic acids is 1. The van der Waals surface area contributed by atoms with Crippen molar-refractivity contribution in [1.29, 1.82) is 0 Å². The molecule has 0 saturated heterocycles. The molecule has 0 aromatic rings. The number of carbonyl (C=O) groups excluding carboxylic acids is 5. The Kier molecular flexibility index (Phi) is 9.18. The zero-order valence-corrected chi connectivity index (χ0v) is 13.1. The summed E-state index contributed by atoms with van der Waals surface area (Å²) < 4.78 is 0. The molecule has 0 spiro atoms. The first-order valence-corrected chi connectivity index (χ1v) is 6.92. The molecule has 5 amide bonds. The first kappa shape index (κ1) is 21.8. The highest BCUT2D eigenvalue weighted by molar-refractivity contribution is 5.96. The van der Waals surface area contributed by atoms with Crippen LogP contribution in [0.25, 0.3) is 0 Å². The molecule has 0 saturated carbocycles. The summed E-state index contributed by atoms with van der Waals surface area (Å²) in [4.78, 5) is 67.8. The number of hydrogen-bond donors (Lipinski definition) is 7. The predicted molar refractivity (Wildman–Crippen MR) is 81.2 cm³/mol. The highest BCUT2D eigenvalue weighted by Crippen LogP contribution is 1.98. The van der Waals surface area contributed by atoms with E-state index in [-0.39, 0.29) is 0 Å². The molecule has 0 aliphatic carbocycles. The molecule has 140 valence electrons. The maximum absolute atomic E-state index is 12.1. The van der Waals surface area contributed by atoms with E-state index in [1.54, 1.807) is 0 Å². The van der Waals surface area contributed by atoms with Crippen LogP contribution in [0.2, 0.25) is 0 Å².